The van der Waals surface area contributed by atoms with Crippen molar-refractivity contribution in [1.29, 1.82) is 0 Å². The molecule has 0 aliphatic carbocycles. The fourth-order valence-corrected chi connectivity index (χ4v) is 2.49. The Morgan fingerprint density at radius 2 is 2.16 bits per heavy atom. The second-order valence-electron chi connectivity index (χ2n) is 5.01. The van der Waals surface area contributed by atoms with Gasteiger partial charge in [-0.15, -0.1) is 0 Å². The highest BCUT2D eigenvalue weighted by Gasteiger charge is 2.19. The maximum absolute atomic E-state index is 6.29. The molecule has 1 heterocycles. The SMILES string of the molecule is CN1CCN=C1NCC(c1ccccc1Cl)N(C)C. The maximum atomic E-state index is 6.29. The van der Waals surface area contributed by atoms with E-state index < -0.39 is 0 Å². The van der Waals surface area contributed by atoms with Crippen molar-refractivity contribution in [1.82, 2.24) is 15.1 Å². The van der Waals surface area contributed by atoms with Crippen molar-refractivity contribution in [3.05, 3.63) is 34.9 Å². The van der Waals surface area contributed by atoms with Crippen LogP contribution in [0, 0.1) is 0 Å². The average molecular weight is 281 g/mol. The topological polar surface area (TPSA) is 30.9 Å². The van der Waals surface area contributed by atoms with Gasteiger partial charge in [-0.05, 0) is 25.7 Å². The van der Waals surface area contributed by atoms with Crippen molar-refractivity contribution < 1.29 is 0 Å². The molecule has 0 aromatic heterocycles. The van der Waals surface area contributed by atoms with Crippen molar-refractivity contribution in [3.63, 3.8) is 0 Å². The average Bonchev–Trinajstić information content (AvgIpc) is 2.77. The minimum Gasteiger partial charge on any atom is -0.354 e. The van der Waals surface area contributed by atoms with E-state index in [0.717, 1.165) is 36.2 Å². The third-order valence-corrected chi connectivity index (χ3v) is 3.74. The highest BCUT2D eigenvalue weighted by atomic mass is 35.5. The molecule has 1 aromatic rings. The number of rotatable bonds is 4. The lowest BCUT2D eigenvalue weighted by Crippen LogP contribution is -2.40. The largest absolute Gasteiger partial charge is 0.354 e. The van der Waals surface area contributed by atoms with E-state index in [1.807, 2.05) is 18.2 Å². The van der Waals surface area contributed by atoms with Crippen LogP contribution in [0.2, 0.25) is 5.02 Å². The van der Waals surface area contributed by atoms with Crippen LogP contribution in [-0.4, -0.2) is 56.5 Å². The van der Waals surface area contributed by atoms with Gasteiger partial charge in [-0.25, -0.2) is 0 Å². The smallest absolute Gasteiger partial charge is 0.193 e. The van der Waals surface area contributed by atoms with Crippen LogP contribution >= 0.6 is 11.6 Å². The summed E-state index contributed by atoms with van der Waals surface area (Å²) in [4.78, 5) is 8.75. The molecule has 0 saturated heterocycles. The zero-order chi connectivity index (χ0) is 13.8. The normalized spacial score (nSPS) is 16.7. The molecule has 0 saturated carbocycles. The number of aliphatic imine (C=N–C) groups is 1. The maximum Gasteiger partial charge on any atom is 0.193 e. The number of halogens is 1. The first-order chi connectivity index (χ1) is 9.09. The lowest BCUT2D eigenvalue weighted by Gasteiger charge is -2.27. The van der Waals surface area contributed by atoms with Gasteiger partial charge in [0.1, 0.15) is 0 Å². The number of nitrogens with one attached hydrogen (secondary N) is 1. The quantitative estimate of drug-likeness (QED) is 0.913. The van der Waals surface area contributed by atoms with Crippen LogP contribution in [0.5, 0.6) is 0 Å². The fraction of sp³-hybridized carbons (Fsp3) is 0.500. The number of hydrogen-bond acceptors (Lipinski definition) is 4. The van der Waals surface area contributed by atoms with Crippen LogP contribution in [0.4, 0.5) is 0 Å². The predicted octanol–water partition coefficient (Wildman–Crippen LogP) is 1.83. The van der Waals surface area contributed by atoms with Gasteiger partial charge < -0.3 is 15.1 Å². The molecule has 0 amide bonds. The van der Waals surface area contributed by atoms with Gasteiger partial charge in [-0.2, -0.15) is 0 Å². The van der Waals surface area contributed by atoms with E-state index in [1.165, 1.54) is 0 Å². The summed E-state index contributed by atoms with van der Waals surface area (Å²) in [7, 11) is 6.19. The van der Waals surface area contributed by atoms with E-state index in [9.17, 15) is 0 Å². The number of likely N-dealkylation sites (N-methyl/N-ethyl adjacent to an activating group) is 2. The van der Waals surface area contributed by atoms with Gasteiger partial charge in [0.2, 0.25) is 0 Å². The van der Waals surface area contributed by atoms with Crippen molar-refractivity contribution >= 4 is 17.6 Å². The molecule has 4 nitrogen and oxygen atoms in total. The summed E-state index contributed by atoms with van der Waals surface area (Å²) < 4.78 is 0. The van der Waals surface area contributed by atoms with Crippen LogP contribution in [-0.2, 0) is 0 Å². The molecule has 1 atom stereocenters. The van der Waals surface area contributed by atoms with E-state index in [4.69, 9.17) is 11.6 Å². The van der Waals surface area contributed by atoms with Crippen LogP contribution in [0.3, 0.4) is 0 Å². The van der Waals surface area contributed by atoms with Gasteiger partial charge in [0.05, 0.1) is 12.6 Å². The lowest BCUT2D eigenvalue weighted by atomic mass is 10.1. The Balaban J connectivity index is 2.07. The summed E-state index contributed by atoms with van der Waals surface area (Å²) in [6.07, 6.45) is 0. The Hall–Kier alpha value is -1.26. The summed E-state index contributed by atoms with van der Waals surface area (Å²) in [5, 5.41) is 4.22. The standard InChI is InChI=1S/C14H21ClN4/c1-18(2)13(11-6-4-5-7-12(11)15)10-17-14-16-8-9-19(14)3/h4-7,13H,8-10H2,1-3H3,(H,16,17). The molecule has 1 N–H and O–H groups in total. The molecule has 1 aromatic carbocycles. The summed E-state index contributed by atoms with van der Waals surface area (Å²) in [5.41, 5.74) is 1.14. The molecule has 0 fully saturated rings. The van der Waals surface area contributed by atoms with E-state index in [-0.39, 0.29) is 6.04 Å². The van der Waals surface area contributed by atoms with Crippen molar-refractivity contribution in [3.8, 4) is 0 Å². The van der Waals surface area contributed by atoms with E-state index in [1.54, 1.807) is 0 Å². The van der Waals surface area contributed by atoms with Crippen LogP contribution in [0.1, 0.15) is 11.6 Å². The Kier molecular flexibility index (Phi) is 4.66. The number of nitrogens with zero attached hydrogens (tertiary/aromatic N) is 3. The first kappa shape index (κ1) is 14.2. The molecular weight excluding hydrogens is 260 g/mol. The van der Waals surface area contributed by atoms with Crippen molar-refractivity contribution in [2.24, 2.45) is 4.99 Å². The number of guanidine groups is 1. The van der Waals surface area contributed by atoms with Crippen LogP contribution in [0.25, 0.3) is 0 Å². The fourth-order valence-electron chi connectivity index (χ4n) is 2.23. The minimum atomic E-state index is 0.227. The van der Waals surface area contributed by atoms with Crippen LogP contribution < -0.4 is 5.32 Å². The van der Waals surface area contributed by atoms with Gasteiger partial charge in [0.25, 0.3) is 0 Å². The Morgan fingerprint density at radius 3 is 2.74 bits per heavy atom. The molecule has 1 aliphatic heterocycles. The zero-order valence-corrected chi connectivity index (χ0v) is 12.5. The molecule has 19 heavy (non-hydrogen) atoms. The highest BCUT2D eigenvalue weighted by Crippen LogP contribution is 2.25. The molecule has 5 heteroatoms. The Morgan fingerprint density at radius 1 is 1.42 bits per heavy atom. The van der Waals surface area contributed by atoms with E-state index in [2.05, 4.69) is 47.3 Å². The molecular formula is C14H21ClN4. The van der Waals surface area contributed by atoms with Crippen molar-refractivity contribution in [2.45, 2.75) is 6.04 Å². The summed E-state index contributed by atoms with van der Waals surface area (Å²) >= 11 is 6.29. The lowest BCUT2D eigenvalue weighted by molar-refractivity contribution is 0.296. The highest BCUT2D eigenvalue weighted by molar-refractivity contribution is 6.31. The van der Waals surface area contributed by atoms with Gasteiger partial charge in [0, 0.05) is 25.2 Å². The number of hydrogen-bond donors (Lipinski definition) is 1. The Labute approximate surface area is 120 Å². The molecule has 1 aliphatic rings. The summed E-state index contributed by atoms with van der Waals surface area (Å²) in [6, 6.07) is 8.23. The number of benzene rings is 1. The van der Waals surface area contributed by atoms with Gasteiger partial charge in [0.15, 0.2) is 5.96 Å². The first-order valence-electron chi connectivity index (χ1n) is 6.50. The molecule has 1 unspecified atom stereocenters. The summed E-state index contributed by atoms with van der Waals surface area (Å²) in [5.74, 6) is 0.971. The Bertz CT molecular complexity index is 459. The van der Waals surface area contributed by atoms with Gasteiger partial charge >= 0.3 is 0 Å². The first-order valence-corrected chi connectivity index (χ1v) is 6.87. The monoisotopic (exact) mass is 280 g/mol. The molecule has 2 rings (SSSR count). The second-order valence-corrected chi connectivity index (χ2v) is 5.42. The van der Waals surface area contributed by atoms with Gasteiger partial charge in [-0.3, -0.25) is 4.99 Å². The molecule has 0 radical (unpaired) electrons. The predicted molar refractivity (Wildman–Crippen MR) is 80.8 cm³/mol. The van der Waals surface area contributed by atoms with E-state index in [0.29, 0.717) is 0 Å². The third kappa shape index (κ3) is 3.39. The third-order valence-electron chi connectivity index (χ3n) is 3.40. The van der Waals surface area contributed by atoms with Gasteiger partial charge in [-0.1, -0.05) is 29.8 Å². The van der Waals surface area contributed by atoms with Crippen molar-refractivity contribution in [2.75, 3.05) is 40.8 Å². The molecule has 104 valence electrons. The van der Waals surface area contributed by atoms with E-state index >= 15 is 0 Å². The minimum absolute atomic E-state index is 0.227. The summed E-state index contributed by atoms with van der Waals surface area (Å²) in [6.45, 7) is 2.65. The second kappa shape index (κ2) is 6.26. The zero-order valence-electron chi connectivity index (χ0n) is 11.7. The van der Waals surface area contributed by atoms with Crippen LogP contribution in [0.15, 0.2) is 29.3 Å². The molecule has 0 spiro atoms. The molecule has 0 bridgehead atoms.